The fourth-order valence-electron chi connectivity index (χ4n) is 2.76. The number of aliphatic hydroxyl groups excluding tert-OH is 1. The molecule has 0 aliphatic heterocycles. The Balaban J connectivity index is 1.97. The standard InChI is InChI=1S/C20H20FN3O4/c1-20(2,10-25)24-19(28)15-17(26)16-14(23-18(15)27)8-12(9-22-16)7-11-3-5-13(21)6-4-11/h3-6,8-9,25H,7,10H2,1-2H3,(H,24,28)(H2,23,26,27). The number of nitrogens with one attached hydrogen (secondary N) is 2. The molecule has 1 aromatic carbocycles. The fourth-order valence-corrected chi connectivity index (χ4v) is 2.76. The normalized spacial score (nSPS) is 11.6. The van der Waals surface area contributed by atoms with E-state index < -0.39 is 28.3 Å². The molecule has 7 nitrogen and oxygen atoms in total. The molecule has 0 saturated heterocycles. The van der Waals surface area contributed by atoms with Crippen LogP contribution in [0.25, 0.3) is 11.0 Å². The molecule has 0 fully saturated rings. The molecule has 0 unspecified atom stereocenters. The predicted octanol–water partition coefficient (Wildman–Crippen LogP) is 1.86. The zero-order chi connectivity index (χ0) is 20.5. The number of carbonyl (C=O) groups excluding carboxylic acids is 1. The molecule has 0 spiro atoms. The van der Waals surface area contributed by atoms with Crippen LogP contribution in [0.1, 0.15) is 35.3 Å². The van der Waals surface area contributed by atoms with Gasteiger partial charge in [-0.25, -0.2) is 4.39 Å². The molecular formula is C20H20FN3O4. The quantitative estimate of drug-likeness (QED) is 0.535. The lowest BCUT2D eigenvalue weighted by Gasteiger charge is -2.23. The Kier molecular flexibility index (Phi) is 5.15. The van der Waals surface area contributed by atoms with Gasteiger partial charge in [0.15, 0.2) is 5.75 Å². The summed E-state index contributed by atoms with van der Waals surface area (Å²) >= 11 is 0. The van der Waals surface area contributed by atoms with Crippen molar-refractivity contribution >= 4 is 16.9 Å². The Labute approximate surface area is 159 Å². The van der Waals surface area contributed by atoms with Gasteiger partial charge < -0.3 is 20.5 Å². The van der Waals surface area contributed by atoms with Crippen LogP contribution >= 0.6 is 0 Å². The maximum Gasteiger partial charge on any atom is 0.265 e. The first kappa shape index (κ1) is 19.5. The monoisotopic (exact) mass is 385 g/mol. The number of carbonyl (C=O) groups is 1. The molecule has 0 radical (unpaired) electrons. The minimum Gasteiger partial charge on any atom is -0.505 e. The average Bonchev–Trinajstić information content (AvgIpc) is 2.63. The summed E-state index contributed by atoms with van der Waals surface area (Å²) in [4.78, 5) is 31.5. The third kappa shape index (κ3) is 4.01. The zero-order valence-electron chi connectivity index (χ0n) is 15.4. The lowest BCUT2D eigenvalue weighted by molar-refractivity contribution is 0.0865. The van der Waals surface area contributed by atoms with E-state index in [2.05, 4.69) is 15.3 Å². The van der Waals surface area contributed by atoms with E-state index in [1.54, 1.807) is 32.0 Å². The van der Waals surface area contributed by atoms with E-state index in [0.29, 0.717) is 6.42 Å². The van der Waals surface area contributed by atoms with Gasteiger partial charge in [-0.2, -0.15) is 0 Å². The van der Waals surface area contributed by atoms with Crippen molar-refractivity contribution in [1.82, 2.24) is 15.3 Å². The van der Waals surface area contributed by atoms with Crippen molar-refractivity contribution in [2.24, 2.45) is 0 Å². The number of hydrogen-bond donors (Lipinski definition) is 4. The average molecular weight is 385 g/mol. The van der Waals surface area contributed by atoms with Gasteiger partial charge in [0.2, 0.25) is 0 Å². The van der Waals surface area contributed by atoms with E-state index in [1.807, 2.05) is 0 Å². The Morgan fingerprint density at radius 1 is 1.25 bits per heavy atom. The van der Waals surface area contributed by atoms with Crippen LogP contribution < -0.4 is 10.9 Å². The number of hydrogen-bond acceptors (Lipinski definition) is 5. The van der Waals surface area contributed by atoms with Crippen LogP contribution in [0, 0.1) is 5.82 Å². The third-order valence-corrected chi connectivity index (χ3v) is 4.28. The van der Waals surface area contributed by atoms with E-state index in [4.69, 9.17) is 0 Å². The Morgan fingerprint density at radius 3 is 2.57 bits per heavy atom. The van der Waals surface area contributed by atoms with Gasteiger partial charge in [0, 0.05) is 6.20 Å². The molecule has 28 heavy (non-hydrogen) atoms. The van der Waals surface area contributed by atoms with Crippen molar-refractivity contribution in [3.05, 3.63) is 69.4 Å². The van der Waals surface area contributed by atoms with Crippen molar-refractivity contribution in [2.75, 3.05) is 6.61 Å². The second-order valence-corrected chi connectivity index (χ2v) is 7.22. The van der Waals surface area contributed by atoms with Crippen LogP contribution in [0.4, 0.5) is 4.39 Å². The zero-order valence-corrected chi connectivity index (χ0v) is 15.4. The largest absolute Gasteiger partial charge is 0.505 e. The minimum absolute atomic E-state index is 0.0782. The summed E-state index contributed by atoms with van der Waals surface area (Å²) in [6.45, 7) is 2.82. The summed E-state index contributed by atoms with van der Waals surface area (Å²) in [7, 11) is 0. The smallest absolute Gasteiger partial charge is 0.265 e. The number of pyridine rings is 2. The van der Waals surface area contributed by atoms with E-state index in [0.717, 1.165) is 11.1 Å². The highest BCUT2D eigenvalue weighted by Crippen LogP contribution is 2.24. The molecule has 4 N–H and O–H groups in total. The molecule has 3 aromatic rings. The first-order valence-electron chi connectivity index (χ1n) is 8.62. The van der Waals surface area contributed by atoms with Crippen molar-refractivity contribution in [2.45, 2.75) is 25.8 Å². The predicted molar refractivity (Wildman–Crippen MR) is 102 cm³/mol. The molecule has 0 aliphatic carbocycles. The van der Waals surface area contributed by atoms with Gasteiger partial charge in [-0.1, -0.05) is 12.1 Å². The lowest BCUT2D eigenvalue weighted by Crippen LogP contribution is -2.47. The molecule has 8 heteroatoms. The van der Waals surface area contributed by atoms with Crippen molar-refractivity contribution < 1.29 is 19.4 Å². The summed E-state index contributed by atoms with van der Waals surface area (Å²) in [5, 5.41) is 22.2. The highest BCUT2D eigenvalue weighted by molar-refractivity contribution is 6.01. The molecule has 0 saturated carbocycles. The summed E-state index contributed by atoms with van der Waals surface area (Å²) < 4.78 is 13.0. The third-order valence-electron chi connectivity index (χ3n) is 4.28. The number of aromatic nitrogens is 2. The van der Waals surface area contributed by atoms with Gasteiger partial charge in [0.25, 0.3) is 11.5 Å². The van der Waals surface area contributed by atoms with Crippen molar-refractivity contribution in [3.63, 3.8) is 0 Å². The number of aliphatic hydroxyl groups is 1. The van der Waals surface area contributed by atoms with Gasteiger partial charge in [-0.05, 0) is 49.6 Å². The molecule has 0 aliphatic rings. The van der Waals surface area contributed by atoms with E-state index in [1.165, 1.54) is 18.3 Å². The summed E-state index contributed by atoms with van der Waals surface area (Å²) in [5.41, 5.74) is -0.236. The molecule has 3 rings (SSSR count). The highest BCUT2D eigenvalue weighted by atomic mass is 19.1. The van der Waals surface area contributed by atoms with Crippen LogP contribution in [0.15, 0.2) is 41.3 Å². The number of rotatable bonds is 5. The van der Waals surface area contributed by atoms with E-state index >= 15 is 0 Å². The maximum absolute atomic E-state index is 13.0. The van der Waals surface area contributed by atoms with Gasteiger partial charge in [-0.3, -0.25) is 14.6 Å². The number of H-pyrrole nitrogens is 1. The molecule has 0 bridgehead atoms. The summed E-state index contributed by atoms with van der Waals surface area (Å²) in [6, 6.07) is 7.66. The lowest BCUT2D eigenvalue weighted by atomic mass is 10.0. The second-order valence-electron chi connectivity index (χ2n) is 7.22. The van der Waals surface area contributed by atoms with E-state index in [-0.39, 0.29) is 23.5 Å². The number of aromatic hydroxyl groups is 1. The minimum atomic E-state index is -0.961. The van der Waals surface area contributed by atoms with Crippen molar-refractivity contribution in [3.8, 4) is 5.75 Å². The van der Waals surface area contributed by atoms with Gasteiger partial charge >= 0.3 is 0 Å². The highest BCUT2D eigenvalue weighted by Gasteiger charge is 2.25. The van der Waals surface area contributed by atoms with Crippen LogP contribution in [0.2, 0.25) is 0 Å². The fraction of sp³-hybridized carbons (Fsp3) is 0.250. The molecule has 1 amide bonds. The van der Waals surface area contributed by atoms with Crippen LogP contribution in [0.3, 0.4) is 0 Å². The molecular weight excluding hydrogens is 365 g/mol. The van der Waals surface area contributed by atoms with Gasteiger partial charge in [0.1, 0.15) is 16.9 Å². The molecule has 146 valence electrons. The van der Waals surface area contributed by atoms with E-state index in [9.17, 15) is 24.2 Å². The number of nitrogens with zero attached hydrogens (tertiary/aromatic N) is 1. The first-order valence-corrected chi connectivity index (χ1v) is 8.62. The molecule has 2 aromatic heterocycles. The van der Waals surface area contributed by atoms with Crippen LogP contribution in [-0.4, -0.2) is 38.2 Å². The summed E-state index contributed by atoms with van der Waals surface area (Å²) in [5.74, 6) is -1.67. The second kappa shape index (κ2) is 7.40. The van der Waals surface area contributed by atoms with Crippen molar-refractivity contribution in [1.29, 1.82) is 0 Å². The van der Waals surface area contributed by atoms with Crippen LogP contribution in [-0.2, 0) is 6.42 Å². The summed E-state index contributed by atoms with van der Waals surface area (Å²) in [6.07, 6.45) is 1.97. The molecule has 0 atom stereocenters. The van der Waals surface area contributed by atoms with Gasteiger partial charge in [0.05, 0.1) is 17.7 Å². The number of fused-ring (bicyclic) bond motifs is 1. The number of amides is 1. The number of aromatic amines is 1. The molecule has 2 heterocycles. The van der Waals surface area contributed by atoms with Gasteiger partial charge in [-0.15, -0.1) is 0 Å². The number of benzene rings is 1. The first-order chi connectivity index (χ1) is 13.2. The maximum atomic E-state index is 13.0. The van der Waals surface area contributed by atoms with Crippen LogP contribution in [0.5, 0.6) is 5.75 Å². The Bertz CT molecular complexity index is 1090. The Hall–Kier alpha value is -3.26. The number of halogens is 1. The SMILES string of the molecule is CC(C)(CO)NC(=O)c1c(O)c2ncc(Cc3ccc(F)cc3)cc2[nH]c1=O. The Morgan fingerprint density at radius 2 is 1.93 bits per heavy atom. The topological polar surface area (TPSA) is 115 Å².